The quantitative estimate of drug-likeness (QED) is 0.776. The number of ether oxygens (including phenoxy) is 1. The number of methoxy groups -OCH3 is 1. The highest BCUT2D eigenvalue weighted by molar-refractivity contribution is 5.71. The number of aromatic nitrogens is 4. The van der Waals surface area contributed by atoms with Gasteiger partial charge in [0.05, 0.1) is 13.2 Å². The highest BCUT2D eigenvalue weighted by atomic mass is 16.5. The summed E-state index contributed by atoms with van der Waals surface area (Å²) < 4.78 is 9.74. The molecule has 1 aliphatic heterocycles. The largest absolute Gasteiger partial charge is 0.383 e. The van der Waals surface area contributed by atoms with Crippen molar-refractivity contribution in [2.45, 2.75) is 33.4 Å². The molecule has 0 spiro atoms. The van der Waals surface area contributed by atoms with Crippen molar-refractivity contribution in [3.63, 3.8) is 0 Å². The lowest BCUT2D eigenvalue weighted by Crippen LogP contribution is -2.39. The Bertz CT molecular complexity index is 900. The fourth-order valence-corrected chi connectivity index (χ4v) is 4.16. The lowest BCUT2D eigenvalue weighted by atomic mass is 9.92. The molecule has 0 N–H and O–H groups in total. The van der Waals surface area contributed by atoms with Gasteiger partial charge in [-0.05, 0) is 18.3 Å². The maximum absolute atomic E-state index is 12.7. The zero-order valence-corrected chi connectivity index (χ0v) is 16.4. The summed E-state index contributed by atoms with van der Waals surface area (Å²) in [6.45, 7) is 8.28. The van der Waals surface area contributed by atoms with E-state index in [-0.39, 0.29) is 11.2 Å². The van der Waals surface area contributed by atoms with E-state index in [1.165, 1.54) is 18.0 Å². The summed E-state index contributed by atoms with van der Waals surface area (Å²) in [7, 11) is 4.80. The van der Waals surface area contributed by atoms with E-state index < -0.39 is 0 Å². The van der Waals surface area contributed by atoms with Gasteiger partial charge in [0.1, 0.15) is 5.82 Å². The Morgan fingerprint density at radius 2 is 1.77 bits per heavy atom. The van der Waals surface area contributed by atoms with Crippen LogP contribution >= 0.6 is 0 Å². The number of rotatable bonds is 5. The molecule has 0 radical (unpaired) electrons. The SMILES string of the molecule is COCCn1c(CN2C[C@H](C)C[C@H](C)C2)nc2c1c(=O)n(C)c(=O)n2C. The molecule has 1 saturated heterocycles. The van der Waals surface area contributed by atoms with Crippen LogP contribution in [-0.2, 0) is 31.9 Å². The lowest BCUT2D eigenvalue weighted by molar-refractivity contribution is 0.128. The molecule has 8 nitrogen and oxygen atoms in total. The second kappa shape index (κ2) is 7.36. The minimum absolute atomic E-state index is 0.307. The van der Waals surface area contributed by atoms with Gasteiger partial charge >= 0.3 is 5.69 Å². The third-order valence-corrected chi connectivity index (χ3v) is 5.26. The van der Waals surface area contributed by atoms with E-state index in [1.54, 1.807) is 14.2 Å². The number of fused-ring (bicyclic) bond motifs is 1. The molecule has 0 aromatic carbocycles. The highest BCUT2D eigenvalue weighted by Gasteiger charge is 2.25. The standard InChI is InChI=1S/C18H29N5O3/c1-12-8-13(2)10-22(9-12)11-14-19-16-15(23(14)6-7-26-5)17(24)21(4)18(25)20(16)3/h12-13H,6-11H2,1-5H3/t12-,13+. The first-order valence-corrected chi connectivity index (χ1v) is 9.19. The topological polar surface area (TPSA) is 74.3 Å². The van der Waals surface area contributed by atoms with Crippen molar-refractivity contribution < 1.29 is 4.74 Å². The van der Waals surface area contributed by atoms with Crippen molar-refractivity contribution in [3.8, 4) is 0 Å². The number of likely N-dealkylation sites (tertiary alicyclic amines) is 1. The fraction of sp³-hybridized carbons (Fsp3) is 0.722. The number of piperidine rings is 1. The van der Waals surface area contributed by atoms with E-state index in [0.29, 0.717) is 42.7 Å². The molecule has 0 unspecified atom stereocenters. The smallest absolute Gasteiger partial charge is 0.332 e. The maximum Gasteiger partial charge on any atom is 0.332 e. The summed E-state index contributed by atoms with van der Waals surface area (Å²) >= 11 is 0. The summed E-state index contributed by atoms with van der Waals surface area (Å²) in [6.07, 6.45) is 1.24. The summed E-state index contributed by atoms with van der Waals surface area (Å²) in [5.74, 6) is 2.11. The van der Waals surface area contributed by atoms with Crippen LogP contribution < -0.4 is 11.2 Å². The molecule has 26 heavy (non-hydrogen) atoms. The maximum atomic E-state index is 12.7. The number of aryl methyl sites for hydroxylation is 1. The van der Waals surface area contributed by atoms with Gasteiger partial charge in [0.2, 0.25) is 0 Å². The molecular weight excluding hydrogens is 334 g/mol. The van der Waals surface area contributed by atoms with Crippen molar-refractivity contribution in [1.82, 2.24) is 23.6 Å². The molecule has 1 fully saturated rings. The Morgan fingerprint density at radius 1 is 1.12 bits per heavy atom. The van der Waals surface area contributed by atoms with Gasteiger partial charge in [-0.2, -0.15) is 0 Å². The van der Waals surface area contributed by atoms with Gasteiger partial charge in [-0.25, -0.2) is 9.78 Å². The second-order valence-electron chi connectivity index (χ2n) is 7.69. The van der Waals surface area contributed by atoms with E-state index in [1.807, 2.05) is 4.57 Å². The van der Waals surface area contributed by atoms with Crippen LogP contribution in [0.5, 0.6) is 0 Å². The molecule has 8 heteroatoms. The molecule has 0 aliphatic carbocycles. The number of hydrogen-bond acceptors (Lipinski definition) is 5. The van der Waals surface area contributed by atoms with Crippen molar-refractivity contribution >= 4 is 11.2 Å². The number of nitrogens with zero attached hydrogens (tertiary/aromatic N) is 5. The van der Waals surface area contributed by atoms with Crippen LogP contribution in [0, 0.1) is 11.8 Å². The molecule has 2 aromatic rings. The van der Waals surface area contributed by atoms with Crippen molar-refractivity contribution in [1.29, 1.82) is 0 Å². The summed E-state index contributed by atoms with van der Waals surface area (Å²) in [5.41, 5.74) is 0.256. The Kier molecular flexibility index (Phi) is 5.34. The first kappa shape index (κ1) is 18.8. The third kappa shape index (κ3) is 3.35. The van der Waals surface area contributed by atoms with Crippen molar-refractivity contribution in [3.05, 3.63) is 26.7 Å². The van der Waals surface area contributed by atoms with E-state index in [2.05, 4.69) is 23.7 Å². The zero-order valence-electron chi connectivity index (χ0n) is 16.4. The van der Waals surface area contributed by atoms with Gasteiger partial charge in [-0.3, -0.25) is 18.8 Å². The first-order chi connectivity index (χ1) is 12.3. The highest BCUT2D eigenvalue weighted by Crippen LogP contribution is 2.23. The van der Waals surface area contributed by atoms with Crippen LogP contribution in [0.15, 0.2) is 9.59 Å². The van der Waals surface area contributed by atoms with E-state index >= 15 is 0 Å². The Hall–Kier alpha value is -1.93. The molecule has 3 heterocycles. The van der Waals surface area contributed by atoms with Gasteiger partial charge in [0.25, 0.3) is 5.56 Å². The fourth-order valence-electron chi connectivity index (χ4n) is 4.16. The minimum atomic E-state index is -0.356. The van der Waals surface area contributed by atoms with Crippen molar-refractivity contribution in [2.75, 3.05) is 26.8 Å². The summed E-state index contributed by atoms with van der Waals surface area (Å²) in [4.78, 5) is 32.1. The Balaban J connectivity index is 2.09. The van der Waals surface area contributed by atoms with Crippen LogP contribution in [0.25, 0.3) is 11.2 Å². The van der Waals surface area contributed by atoms with Crippen molar-refractivity contribution in [2.24, 2.45) is 25.9 Å². The minimum Gasteiger partial charge on any atom is -0.383 e. The molecule has 1 aliphatic rings. The molecule has 144 valence electrons. The lowest BCUT2D eigenvalue weighted by Gasteiger charge is -2.34. The van der Waals surface area contributed by atoms with Gasteiger partial charge in [0.15, 0.2) is 11.2 Å². The molecule has 0 saturated carbocycles. The summed E-state index contributed by atoms with van der Waals surface area (Å²) in [5, 5.41) is 0. The van der Waals surface area contributed by atoms with E-state index in [4.69, 9.17) is 4.74 Å². The molecule has 2 atom stereocenters. The van der Waals surface area contributed by atoms with Crippen LogP contribution in [0.1, 0.15) is 26.1 Å². The number of hydrogen-bond donors (Lipinski definition) is 0. The first-order valence-electron chi connectivity index (χ1n) is 9.19. The molecule has 0 amide bonds. The monoisotopic (exact) mass is 363 g/mol. The van der Waals surface area contributed by atoms with Crippen LogP contribution in [0.3, 0.4) is 0 Å². The zero-order chi connectivity index (χ0) is 19.0. The molecule has 3 rings (SSSR count). The van der Waals surface area contributed by atoms with Crippen LogP contribution in [-0.4, -0.2) is 50.4 Å². The third-order valence-electron chi connectivity index (χ3n) is 5.26. The van der Waals surface area contributed by atoms with Crippen LogP contribution in [0.2, 0.25) is 0 Å². The van der Waals surface area contributed by atoms with Crippen LogP contribution in [0.4, 0.5) is 0 Å². The Morgan fingerprint density at radius 3 is 2.38 bits per heavy atom. The average molecular weight is 363 g/mol. The number of imidazole rings is 1. The average Bonchev–Trinajstić information content (AvgIpc) is 2.93. The molecule has 0 bridgehead atoms. The molecule has 2 aromatic heterocycles. The van der Waals surface area contributed by atoms with E-state index in [0.717, 1.165) is 23.5 Å². The van der Waals surface area contributed by atoms with Gasteiger partial charge in [0, 0.05) is 40.8 Å². The normalized spacial score (nSPS) is 21.6. The van der Waals surface area contributed by atoms with Gasteiger partial charge in [-0.1, -0.05) is 13.8 Å². The van der Waals surface area contributed by atoms with E-state index in [9.17, 15) is 9.59 Å². The molecular formula is C18H29N5O3. The van der Waals surface area contributed by atoms with Gasteiger partial charge in [-0.15, -0.1) is 0 Å². The second-order valence-corrected chi connectivity index (χ2v) is 7.69. The van der Waals surface area contributed by atoms with Gasteiger partial charge < -0.3 is 9.30 Å². The predicted molar refractivity (Wildman–Crippen MR) is 100 cm³/mol. The predicted octanol–water partition coefficient (Wildman–Crippen LogP) is 0.558. The summed E-state index contributed by atoms with van der Waals surface area (Å²) in [6, 6.07) is 0. The Labute approximate surface area is 153 Å².